The van der Waals surface area contributed by atoms with E-state index >= 15 is 0 Å². The zero-order valence-electron chi connectivity index (χ0n) is 14.2. The van der Waals surface area contributed by atoms with E-state index in [-0.39, 0.29) is 11.8 Å². The molecule has 1 saturated heterocycles. The topological polar surface area (TPSA) is 61.4 Å². The Bertz CT molecular complexity index is 850. The van der Waals surface area contributed by atoms with E-state index in [0.717, 1.165) is 28.6 Å². The van der Waals surface area contributed by atoms with Gasteiger partial charge in [0, 0.05) is 34.1 Å². The molecule has 5 nitrogen and oxygen atoms in total. The summed E-state index contributed by atoms with van der Waals surface area (Å²) in [5.74, 6) is 0.202. The fourth-order valence-electron chi connectivity index (χ4n) is 2.99. The van der Waals surface area contributed by atoms with Crippen LogP contribution in [0.15, 0.2) is 52.3 Å². The van der Waals surface area contributed by atoms with Gasteiger partial charge in [-0.1, -0.05) is 6.07 Å². The molecule has 0 unspecified atom stereocenters. The number of fused-ring (bicyclic) bond motifs is 1. The lowest BCUT2D eigenvalue weighted by Crippen LogP contribution is -2.19. The number of nitrogens with zero attached hydrogens (tertiary/aromatic N) is 1. The van der Waals surface area contributed by atoms with Crippen molar-refractivity contribution >= 4 is 46.9 Å². The third-order valence-corrected chi connectivity index (χ3v) is 6.43. The zero-order valence-corrected chi connectivity index (χ0v) is 15.8. The monoisotopic (exact) mass is 385 g/mol. The van der Waals surface area contributed by atoms with Gasteiger partial charge in [-0.05, 0) is 61.2 Å². The van der Waals surface area contributed by atoms with Crippen molar-refractivity contribution in [1.29, 1.82) is 0 Å². The van der Waals surface area contributed by atoms with Crippen LogP contribution in [0.3, 0.4) is 0 Å². The molecule has 0 bridgehead atoms. The van der Waals surface area contributed by atoms with Gasteiger partial charge in [0.05, 0.1) is 11.4 Å². The molecular formula is C19H19N3O2S2. The molecule has 0 aromatic heterocycles. The molecule has 2 aliphatic heterocycles. The SMILES string of the molecule is O=C1CSc2ccc(C(=O)Nc3cccc(SN4CCCC4)c3)cc2N1. The number of carbonyl (C=O) groups excluding carboxylic acids is 2. The average molecular weight is 386 g/mol. The van der Waals surface area contributed by atoms with Gasteiger partial charge in [0.25, 0.3) is 5.91 Å². The predicted octanol–water partition coefficient (Wildman–Crippen LogP) is 4.09. The number of amides is 2. The lowest BCUT2D eigenvalue weighted by molar-refractivity contribution is -0.113. The fourth-order valence-corrected chi connectivity index (χ4v) is 4.83. The van der Waals surface area contributed by atoms with Gasteiger partial charge in [-0.25, -0.2) is 4.31 Å². The number of nitrogens with one attached hydrogen (secondary N) is 2. The second kappa shape index (κ2) is 7.73. The minimum Gasteiger partial charge on any atom is -0.324 e. The van der Waals surface area contributed by atoms with Gasteiger partial charge in [0.1, 0.15) is 0 Å². The molecular weight excluding hydrogens is 366 g/mol. The Labute approximate surface area is 161 Å². The molecule has 1 fully saturated rings. The molecule has 0 saturated carbocycles. The summed E-state index contributed by atoms with van der Waals surface area (Å²) in [6, 6.07) is 13.3. The lowest BCUT2D eigenvalue weighted by Gasteiger charge is -2.17. The number of carbonyl (C=O) groups is 2. The molecule has 0 atom stereocenters. The second-order valence-corrected chi connectivity index (χ2v) is 8.44. The Morgan fingerprint density at radius 3 is 2.85 bits per heavy atom. The van der Waals surface area contributed by atoms with Crippen molar-refractivity contribution in [1.82, 2.24) is 4.31 Å². The first-order valence-corrected chi connectivity index (χ1v) is 10.3. The van der Waals surface area contributed by atoms with Crippen LogP contribution in [-0.4, -0.2) is 35.0 Å². The molecule has 2 aromatic carbocycles. The molecule has 0 radical (unpaired) electrons. The van der Waals surface area contributed by atoms with Gasteiger partial charge in [0.15, 0.2) is 0 Å². The first-order valence-electron chi connectivity index (χ1n) is 8.58. The van der Waals surface area contributed by atoms with E-state index < -0.39 is 0 Å². The predicted molar refractivity (Wildman–Crippen MR) is 107 cm³/mol. The maximum absolute atomic E-state index is 12.6. The van der Waals surface area contributed by atoms with Crippen molar-refractivity contribution in [2.75, 3.05) is 29.5 Å². The van der Waals surface area contributed by atoms with Crippen LogP contribution in [0.25, 0.3) is 0 Å². The van der Waals surface area contributed by atoms with E-state index in [1.165, 1.54) is 24.6 Å². The molecule has 2 N–H and O–H groups in total. The quantitative estimate of drug-likeness (QED) is 0.777. The van der Waals surface area contributed by atoms with Crippen molar-refractivity contribution in [3.8, 4) is 0 Å². The molecule has 2 aromatic rings. The summed E-state index contributed by atoms with van der Waals surface area (Å²) < 4.78 is 2.35. The maximum atomic E-state index is 12.6. The molecule has 0 aliphatic carbocycles. The van der Waals surface area contributed by atoms with Crippen LogP contribution in [0.2, 0.25) is 0 Å². The van der Waals surface area contributed by atoms with E-state index in [4.69, 9.17) is 0 Å². The van der Waals surface area contributed by atoms with Crippen LogP contribution in [0.5, 0.6) is 0 Å². The van der Waals surface area contributed by atoms with E-state index in [0.29, 0.717) is 17.0 Å². The Morgan fingerprint density at radius 2 is 2.00 bits per heavy atom. The summed E-state index contributed by atoms with van der Waals surface area (Å²) in [5, 5.41) is 5.77. The summed E-state index contributed by atoms with van der Waals surface area (Å²) >= 11 is 3.23. The van der Waals surface area contributed by atoms with Gasteiger partial charge in [-0.15, -0.1) is 11.8 Å². The normalized spacial score (nSPS) is 16.8. The van der Waals surface area contributed by atoms with Crippen molar-refractivity contribution in [2.24, 2.45) is 0 Å². The standard InChI is InChI=1S/C19H19N3O2S2/c23-18-12-25-17-7-6-13(10-16(17)21-18)19(24)20-14-4-3-5-15(11-14)26-22-8-1-2-9-22/h3-7,10-11H,1-2,8-9,12H2,(H,20,24)(H,21,23). The van der Waals surface area contributed by atoms with Crippen LogP contribution in [0, 0.1) is 0 Å². The number of rotatable bonds is 4. The van der Waals surface area contributed by atoms with E-state index in [1.54, 1.807) is 24.1 Å². The molecule has 26 heavy (non-hydrogen) atoms. The van der Waals surface area contributed by atoms with Gasteiger partial charge in [-0.3, -0.25) is 9.59 Å². The highest BCUT2D eigenvalue weighted by Gasteiger charge is 2.18. The van der Waals surface area contributed by atoms with Gasteiger partial charge < -0.3 is 10.6 Å². The molecule has 7 heteroatoms. The third kappa shape index (κ3) is 4.06. The Hall–Kier alpha value is -1.96. The first-order chi connectivity index (χ1) is 12.7. The molecule has 134 valence electrons. The zero-order chi connectivity index (χ0) is 17.9. The number of benzene rings is 2. The van der Waals surface area contributed by atoms with Crippen LogP contribution >= 0.6 is 23.7 Å². The maximum Gasteiger partial charge on any atom is 0.255 e. The lowest BCUT2D eigenvalue weighted by atomic mass is 10.1. The Kier molecular flexibility index (Phi) is 5.19. The number of hydrogen-bond donors (Lipinski definition) is 2. The molecule has 4 rings (SSSR count). The number of anilines is 2. The highest BCUT2D eigenvalue weighted by molar-refractivity contribution is 8.00. The average Bonchev–Trinajstić information content (AvgIpc) is 3.14. The molecule has 2 heterocycles. The van der Waals surface area contributed by atoms with Crippen molar-refractivity contribution in [3.05, 3.63) is 48.0 Å². The summed E-state index contributed by atoms with van der Waals surface area (Å²) in [6.45, 7) is 2.22. The minimum absolute atomic E-state index is 0.0355. The number of thioether (sulfide) groups is 1. The van der Waals surface area contributed by atoms with Crippen molar-refractivity contribution < 1.29 is 9.59 Å². The van der Waals surface area contributed by atoms with Gasteiger partial charge in [-0.2, -0.15) is 0 Å². The van der Waals surface area contributed by atoms with E-state index in [9.17, 15) is 9.59 Å². The van der Waals surface area contributed by atoms with Crippen LogP contribution < -0.4 is 10.6 Å². The van der Waals surface area contributed by atoms with E-state index in [2.05, 4.69) is 21.0 Å². The molecule has 2 aliphatic rings. The van der Waals surface area contributed by atoms with Crippen LogP contribution in [0.1, 0.15) is 23.2 Å². The summed E-state index contributed by atoms with van der Waals surface area (Å²) in [4.78, 5) is 26.2. The number of hydrogen-bond acceptors (Lipinski definition) is 5. The van der Waals surface area contributed by atoms with Crippen molar-refractivity contribution in [3.63, 3.8) is 0 Å². The van der Waals surface area contributed by atoms with Crippen LogP contribution in [-0.2, 0) is 4.79 Å². The van der Waals surface area contributed by atoms with Crippen molar-refractivity contribution in [2.45, 2.75) is 22.6 Å². The third-order valence-electron chi connectivity index (χ3n) is 4.27. The summed E-state index contributed by atoms with van der Waals surface area (Å²) in [7, 11) is 0. The minimum atomic E-state index is -0.180. The van der Waals surface area contributed by atoms with E-state index in [1.807, 2.05) is 24.3 Å². The van der Waals surface area contributed by atoms with Gasteiger partial charge >= 0.3 is 0 Å². The fraction of sp³-hybridized carbons (Fsp3) is 0.263. The summed E-state index contributed by atoms with van der Waals surface area (Å²) in [6.07, 6.45) is 2.49. The highest BCUT2D eigenvalue weighted by atomic mass is 32.2. The molecule has 2 amide bonds. The summed E-state index contributed by atoms with van der Waals surface area (Å²) in [5.41, 5.74) is 2.01. The smallest absolute Gasteiger partial charge is 0.255 e. The van der Waals surface area contributed by atoms with Crippen LogP contribution in [0.4, 0.5) is 11.4 Å². The highest BCUT2D eigenvalue weighted by Crippen LogP contribution is 2.32. The van der Waals surface area contributed by atoms with Gasteiger partial charge in [0.2, 0.25) is 5.91 Å². The largest absolute Gasteiger partial charge is 0.324 e. The Morgan fingerprint density at radius 1 is 1.15 bits per heavy atom. The molecule has 0 spiro atoms. The Balaban J connectivity index is 1.46. The first kappa shape index (κ1) is 17.5. The second-order valence-electron chi connectivity index (χ2n) is 6.26.